The first-order chi connectivity index (χ1) is 7.02. The zero-order chi connectivity index (χ0) is 11.4. The van der Waals surface area contributed by atoms with Crippen LogP contribution in [-0.2, 0) is 4.79 Å². The smallest absolute Gasteiger partial charge is 0.235 e. The molecule has 0 saturated heterocycles. The third-order valence-corrected chi connectivity index (χ3v) is 3.45. The summed E-state index contributed by atoms with van der Waals surface area (Å²) in [4.78, 5) is 14.5. The van der Waals surface area contributed by atoms with Crippen LogP contribution in [0.15, 0.2) is 29.2 Å². The average Bonchev–Trinajstić information content (AvgIpc) is 2.20. The van der Waals surface area contributed by atoms with Crippen LogP contribution < -0.4 is 0 Å². The number of carbonyl (C=O) groups is 1. The number of thioether (sulfide) groups is 1. The Kier molecular flexibility index (Phi) is 4.21. The molecule has 0 bridgehead atoms. The maximum absolute atomic E-state index is 11.7. The lowest BCUT2D eigenvalue weighted by Gasteiger charge is -2.17. The first-order valence-corrected chi connectivity index (χ1v) is 5.84. The van der Waals surface area contributed by atoms with Gasteiger partial charge in [-0.2, -0.15) is 0 Å². The molecule has 3 heteroatoms. The quantitative estimate of drug-likeness (QED) is 0.734. The van der Waals surface area contributed by atoms with Crippen molar-refractivity contribution in [3.63, 3.8) is 0 Å². The summed E-state index contributed by atoms with van der Waals surface area (Å²) in [6, 6.07) is 8.13. The van der Waals surface area contributed by atoms with Crippen molar-refractivity contribution in [2.75, 3.05) is 14.1 Å². The van der Waals surface area contributed by atoms with E-state index in [1.165, 1.54) is 10.5 Å². The summed E-state index contributed by atoms with van der Waals surface area (Å²) in [5.41, 5.74) is 1.22. The predicted molar refractivity (Wildman–Crippen MR) is 65.2 cm³/mol. The molecule has 1 aromatic rings. The molecule has 2 nitrogen and oxygen atoms in total. The Labute approximate surface area is 95.7 Å². The van der Waals surface area contributed by atoms with Gasteiger partial charge in [0.15, 0.2) is 0 Å². The predicted octanol–water partition coefficient (Wildman–Crippen LogP) is 2.56. The minimum absolute atomic E-state index is 0.0268. The van der Waals surface area contributed by atoms with Crippen molar-refractivity contribution in [1.29, 1.82) is 0 Å². The van der Waals surface area contributed by atoms with Gasteiger partial charge < -0.3 is 4.90 Å². The molecule has 82 valence electrons. The van der Waals surface area contributed by atoms with E-state index < -0.39 is 0 Å². The van der Waals surface area contributed by atoms with Gasteiger partial charge in [-0.25, -0.2) is 0 Å². The highest BCUT2D eigenvalue weighted by Gasteiger charge is 2.16. The third kappa shape index (κ3) is 3.27. The van der Waals surface area contributed by atoms with Crippen molar-refractivity contribution in [2.45, 2.75) is 24.0 Å². The zero-order valence-electron chi connectivity index (χ0n) is 9.65. The van der Waals surface area contributed by atoms with Crippen LogP contribution in [0.2, 0.25) is 0 Å². The molecule has 0 fully saturated rings. The molecule has 1 atom stereocenters. The Balaban J connectivity index is 2.71. The Morgan fingerprint density at radius 3 is 2.47 bits per heavy atom. The largest absolute Gasteiger partial charge is 0.348 e. The van der Waals surface area contributed by atoms with Crippen molar-refractivity contribution in [1.82, 2.24) is 4.90 Å². The van der Waals surface area contributed by atoms with Crippen LogP contribution in [0.1, 0.15) is 12.5 Å². The lowest BCUT2D eigenvalue weighted by atomic mass is 10.2. The summed E-state index contributed by atoms with van der Waals surface area (Å²) >= 11 is 1.62. The maximum atomic E-state index is 11.7. The maximum Gasteiger partial charge on any atom is 0.235 e. The van der Waals surface area contributed by atoms with Crippen molar-refractivity contribution in [3.8, 4) is 0 Å². The minimum Gasteiger partial charge on any atom is -0.348 e. The molecule has 0 aliphatic carbocycles. The number of nitrogens with zero attached hydrogens (tertiary/aromatic N) is 1. The van der Waals surface area contributed by atoms with Crippen LogP contribution in [0.4, 0.5) is 0 Å². The highest BCUT2D eigenvalue weighted by atomic mass is 32.2. The van der Waals surface area contributed by atoms with E-state index in [1.807, 2.05) is 19.1 Å². The summed E-state index contributed by atoms with van der Waals surface area (Å²) in [7, 11) is 3.58. The second-order valence-corrected chi connectivity index (χ2v) is 5.14. The molecule has 1 amide bonds. The van der Waals surface area contributed by atoms with Gasteiger partial charge in [0.2, 0.25) is 5.91 Å². The monoisotopic (exact) mass is 223 g/mol. The Bertz CT molecular complexity index is 349. The van der Waals surface area contributed by atoms with E-state index in [2.05, 4.69) is 19.1 Å². The lowest BCUT2D eigenvalue weighted by Crippen LogP contribution is -2.29. The molecule has 1 rings (SSSR count). The average molecular weight is 223 g/mol. The summed E-state index contributed by atoms with van der Waals surface area (Å²) in [6.07, 6.45) is 0. The summed E-state index contributed by atoms with van der Waals surface area (Å²) in [5.74, 6) is 0.156. The van der Waals surface area contributed by atoms with Crippen LogP contribution in [0, 0.1) is 6.92 Å². The topological polar surface area (TPSA) is 20.3 Å². The number of hydrogen-bond donors (Lipinski definition) is 0. The Morgan fingerprint density at radius 2 is 1.93 bits per heavy atom. The molecule has 0 aromatic heterocycles. The molecule has 0 aliphatic heterocycles. The molecule has 0 N–H and O–H groups in total. The van der Waals surface area contributed by atoms with Gasteiger partial charge >= 0.3 is 0 Å². The van der Waals surface area contributed by atoms with Gasteiger partial charge in [-0.15, -0.1) is 11.8 Å². The molecule has 15 heavy (non-hydrogen) atoms. The fraction of sp³-hybridized carbons (Fsp3) is 0.417. The molecule has 0 heterocycles. The van der Waals surface area contributed by atoms with E-state index in [0.717, 1.165) is 0 Å². The minimum atomic E-state index is -0.0268. The fourth-order valence-corrected chi connectivity index (χ4v) is 2.40. The summed E-state index contributed by atoms with van der Waals surface area (Å²) in [6.45, 7) is 4.01. The van der Waals surface area contributed by atoms with E-state index >= 15 is 0 Å². The van der Waals surface area contributed by atoms with Crippen LogP contribution in [0.3, 0.4) is 0 Å². The summed E-state index contributed by atoms with van der Waals surface area (Å²) in [5, 5.41) is -0.0268. The van der Waals surface area contributed by atoms with Gasteiger partial charge in [0.25, 0.3) is 0 Å². The van der Waals surface area contributed by atoms with E-state index in [1.54, 1.807) is 30.8 Å². The number of amides is 1. The molecule has 0 aliphatic rings. The number of rotatable bonds is 3. The second kappa shape index (κ2) is 5.21. The number of aryl methyl sites for hydroxylation is 1. The van der Waals surface area contributed by atoms with E-state index in [-0.39, 0.29) is 11.2 Å². The zero-order valence-corrected chi connectivity index (χ0v) is 10.5. The van der Waals surface area contributed by atoms with Crippen molar-refractivity contribution >= 4 is 17.7 Å². The van der Waals surface area contributed by atoms with Crippen molar-refractivity contribution in [2.24, 2.45) is 0 Å². The molecular formula is C12H17NOS. The molecular weight excluding hydrogens is 206 g/mol. The summed E-state index contributed by atoms with van der Waals surface area (Å²) < 4.78 is 0. The van der Waals surface area contributed by atoms with Crippen LogP contribution in [0.25, 0.3) is 0 Å². The molecule has 0 radical (unpaired) electrons. The lowest BCUT2D eigenvalue weighted by molar-refractivity contribution is -0.127. The second-order valence-electron chi connectivity index (χ2n) is 3.76. The SMILES string of the molecule is Cc1ccccc1SC(C)C(=O)N(C)C. The van der Waals surface area contributed by atoms with Gasteiger partial charge in [0.1, 0.15) is 0 Å². The van der Waals surface area contributed by atoms with Crippen LogP contribution in [0.5, 0.6) is 0 Å². The molecule has 0 spiro atoms. The van der Waals surface area contributed by atoms with E-state index in [4.69, 9.17) is 0 Å². The standard InChI is InChI=1S/C12H17NOS/c1-9-7-5-6-8-11(9)15-10(2)12(14)13(3)4/h5-8,10H,1-4H3. The van der Waals surface area contributed by atoms with E-state index in [9.17, 15) is 4.79 Å². The number of hydrogen-bond acceptors (Lipinski definition) is 2. The molecule has 1 unspecified atom stereocenters. The molecule has 1 aromatic carbocycles. The van der Waals surface area contributed by atoms with Crippen LogP contribution in [-0.4, -0.2) is 30.2 Å². The van der Waals surface area contributed by atoms with Gasteiger partial charge in [-0.05, 0) is 25.5 Å². The van der Waals surface area contributed by atoms with Crippen LogP contribution >= 0.6 is 11.8 Å². The fourth-order valence-electron chi connectivity index (χ4n) is 1.29. The van der Waals surface area contributed by atoms with Crippen molar-refractivity contribution < 1.29 is 4.79 Å². The Morgan fingerprint density at radius 1 is 1.33 bits per heavy atom. The normalized spacial score (nSPS) is 12.3. The first kappa shape index (κ1) is 12.1. The van der Waals surface area contributed by atoms with Gasteiger partial charge in [0, 0.05) is 19.0 Å². The number of benzene rings is 1. The third-order valence-electron chi connectivity index (χ3n) is 2.19. The highest BCUT2D eigenvalue weighted by molar-refractivity contribution is 8.00. The van der Waals surface area contributed by atoms with Gasteiger partial charge in [0.05, 0.1) is 5.25 Å². The van der Waals surface area contributed by atoms with Crippen molar-refractivity contribution in [3.05, 3.63) is 29.8 Å². The molecule has 0 saturated carbocycles. The van der Waals surface area contributed by atoms with Gasteiger partial charge in [-0.1, -0.05) is 18.2 Å². The number of carbonyl (C=O) groups excluding carboxylic acids is 1. The Hall–Kier alpha value is -0.960. The van der Waals surface area contributed by atoms with Gasteiger partial charge in [-0.3, -0.25) is 4.79 Å². The first-order valence-electron chi connectivity index (χ1n) is 4.96. The highest BCUT2D eigenvalue weighted by Crippen LogP contribution is 2.26. The van der Waals surface area contributed by atoms with E-state index in [0.29, 0.717) is 0 Å².